The first-order valence-corrected chi connectivity index (χ1v) is 7.69. The molecule has 3 rings (SSSR count). The number of fused-ring (bicyclic) bond motifs is 1. The molecule has 1 heterocycles. The Labute approximate surface area is 112 Å². The van der Waals surface area contributed by atoms with Crippen molar-refractivity contribution in [1.29, 1.82) is 0 Å². The first-order chi connectivity index (χ1) is 8.75. The molecule has 0 aliphatic heterocycles. The molecule has 1 aromatic carbocycles. The number of nitrogens with zero attached hydrogens (tertiary/aromatic N) is 1. The second-order valence-corrected chi connectivity index (χ2v) is 6.46. The summed E-state index contributed by atoms with van der Waals surface area (Å²) in [6, 6.07) is 6.52. The van der Waals surface area contributed by atoms with Gasteiger partial charge in [-0.25, -0.2) is 4.98 Å². The molecule has 3 heteroatoms. The first-order valence-electron chi connectivity index (χ1n) is 6.87. The van der Waals surface area contributed by atoms with Crippen molar-refractivity contribution in [2.45, 2.75) is 45.1 Å². The number of thiazole rings is 1. The lowest BCUT2D eigenvalue weighted by atomic mass is 9.84. The van der Waals surface area contributed by atoms with Crippen molar-refractivity contribution in [2.24, 2.45) is 11.7 Å². The molecular formula is C15H20N2S. The Kier molecular flexibility index (Phi) is 3.35. The third-order valence-corrected chi connectivity index (χ3v) is 5.20. The maximum atomic E-state index is 6.43. The Morgan fingerprint density at radius 2 is 2.06 bits per heavy atom. The first kappa shape index (κ1) is 12.1. The SMILES string of the molecule is Cc1cccc2sc(C(N)C3CCCCC3)nc12. The van der Waals surface area contributed by atoms with Crippen molar-refractivity contribution in [2.75, 3.05) is 0 Å². The van der Waals surface area contributed by atoms with Crippen LogP contribution in [0, 0.1) is 12.8 Å². The molecule has 1 aliphatic carbocycles. The highest BCUT2D eigenvalue weighted by Gasteiger charge is 2.24. The van der Waals surface area contributed by atoms with Gasteiger partial charge in [0.15, 0.2) is 0 Å². The lowest BCUT2D eigenvalue weighted by molar-refractivity contribution is 0.308. The van der Waals surface area contributed by atoms with Gasteiger partial charge in [-0.2, -0.15) is 0 Å². The number of aromatic nitrogens is 1. The van der Waals surface area contributed by atoms with Crippen LogP contribution in [-0.2, 0) is 0 Å². The minimum Gasteiger partial charge on any atom is -0.322 e. The number of para-hydroxylation sites is 1. The molecule has 1 aliphatic rings. The number of nitrogens with two attached hydrogens (primary N) is 1. The van der Waals surface area contributed by atoms with Crippen molar-refractivity contribution >= 4 is 21.6 Å². The fraction of sp³-hybridized carbons (Fsp3) is 0.533. The standard InChI is InChI=1S/C15H20N2S/c1-10-6-5-9-12-14(10)17-15(18-12)13(16)11-7-3-2-4-8-11/h5-6,9,11,13H,2-4,7-8,16H2,1H3. The summed E-state index contributed by atoms with van der Waals surface area (Å²) >= 11 is 1.78. The third kappa shape index (κ3) is 2.17. The molecule has 0 spiro atoms. The van der Waals surface area contributed by atoms with Gasteiger partial charge in [0.25, 0.3) is 0 Å². The van der Waals surface area contributed by atoms with E-state index in [1.54, 1.807) is 11.3 Å². The molecule has 2 nitrogen and oxygen atoms in total. The fourth-order valence-corrected chi connectivity index (χ4v) is 4.08. The summed E-state index contributed by atoms with van der Waals surface area (Å²) in [6.45, 7) is 2.12. The zero-order valence-electron chi connectivity index (χ0n) is 10.9. The van der Waals surface area contributed by atoms with Crippen LogP contribution in [0.3, 0.4) is 0 Å². The van der Waals surface area contributed by atoms with Crippen LogP contribution < -0.4 is 5.73 Å². The predicted molar refractivity (Wildman–Crippen MR) is 77.9 cm³/mol. The highest BCUT2D eigenvalue weighted by molar-refractivity contribution is 7.18. The number of rotatable bonds is 2. The Bertz CT molecular complexity index is 540. The van der Waals surface area contributed by atoms with Crippen LogP contribution >= 0.6 is 11.3 Å². The van der Waals surface area contributed by atoms with E-state index < -0.39 is 0 Å². The highest BCUT2D eigenvalue weighted by Crippen LogP contribution is 2.36. The lowest BCUT2D eigenvalue weighted by Gasteiger charge is -2.25. The molecule has 2 aromatic rings. The quantitative estimate of drug-likeness (QED) is 0.879. The fourth-order valence-electron chi connectivity index (χ4n) is 2.94. The molecule has 0 radical (unpaired) electrons. The van der Waals surface area contributed by atoms with E-state index >= 15 is 0 Å². The van der Waals surface area contributed by atoms with Gasteiger partial charge in [-0.3, -0.25) is 0 Å². The summed E-state index contributed by atoms with van der Waals surface area (Å²) in [5, 5.41) is 1.13. The van der Waals surface area contributed by atoms with Gasteiger partial charge in [-0.05, 0) is 37.3 Å². The largest absolute Gasteiger partial charge is 0.322 e. The maximum Gasteiger partial charge on any atom is 0.111 e. The monoisotopic (exact) mass is 260 g/mol. The number of hydrogen-bond donors (Lipinski definition) is 1. The van der Waals surface area contributed by atoms with E-state index in [4.69, 9.17) is 10.7 Å². The lowest BCUT2D eigenvalue weighted by Crippen LogP contribution is -2.23. The molecule has 1 saturated carbocycles. The van der Waals surface area contributed by atoms with Crippen molar-refractivity contribution in [3.63, 3.8) is 0 Å². The van der Waals surface area contributed by atoms with Crippen LogP contribution in [0.5, 0.6) is 0 Å². The van der Waals surface area contributed by atoms with Crippen LogP contribution in [0.2, 0.25) is 0 Å². The molecule has 1 aromatic heterocycles. The molecular weight excluding hydrogens is 240 g/mol. The van der Waals surface area contributed by atoms with Crippen molar-refractivity contribution < 1.29 is 0 Å². The molecule has 1 atom stereocenters. The van der Waals surface area contributed by atoms with E-state index in [1.807, 2.05) is 0 Å². The van der Waals surface area contributed by atoms with Gasteiger partial charge in [-0.1, -0.05) is 31.4 Å². The van der Waals surface area contributed by atoms with E-state index in [9.17, 15) is 0 Å². The summed E-state index contributed by atoms with van der Waals surface area (Å²) in [5.74, 6) is 0.639. The van der Waals surface area contributed by atoms with E-state index in [2.05, 4.69) is 25.1 Å². The zero-order chi connectivity index (χ0) is 12.5. The smallest absolute Gasteiger partial charge is 0.111 e. The van der Waals surface area contributed by atoms with Gasteiger partial charge >= 0.3 is 0 Å². The summed E-state index contributed by atoms with van der Waals surface area (Å²) < 4.78 is 1.27. The topological polar surface area (TPSA) is 38.9 Å². The van der Waals surface area contributed by atoms with Crippen LogP contribution in [0.15, 0.2) is 18.2 Å². The van der Waals surface area contributed by atoms with Gasteiger partial charge in [0, 0.05) is 0 Å². The molecule has 0 amide bonds. The van der Waals surface area contributed by atoms with Crippen molar-refractivity contribution in [3.8, 4) is 0 Å². The summed E-state index contributed by atoms with van der Waals surface area (Å²) in [7, 11) is 0. The molecule has 2 N–H and O–H groups in total. The van der Waals surface area contributed by atoms with Crippen LogP contribution in [0.1, 0.15) is 48.7 Å². The molecule has 18 heavy (non-hydrogen) atoms. The minimum atomic E-state index is 0.141. The molecule has 0 saturated heterocycles. The Balaban J connectivity index is 1.91. The molecule has 96 valence electrons. The van der Waals surface area contributed by atoms with Crippen molar-refractivity contribution in [3.05, 3.63) is 28.8 Å². The Morgan fingerprint density at radius 1 is 1.28 bits per heavy atom. The van der Waals surface area contributed by atoms with Crippen molar-refractivity contribution in [1.82, 2.24) is 4.98 Å². The van der Waals surface area contributed by atoms with E-state index in [-0.39, 0.29) is 6.04 Å². The van der Waals surface area contributed by atoms with Gasteiger partial charge in [0.1, 0.15) is 5.01 Å². The molecule has 1 fully saturated rings. The molecule has 1 unspecified atom stereocenters. The summed E-state index contributed by atoms with van der Waals surface area (Å²) in [5.41, 5.74) is 8.83. The van der Waals surface area contributed by atoms with E-state index in [0.29, 0.717) is 5.92 Å². The average Bonchev–Trinajstić information content (AvgIpc) is 2.84. The van der Waals surface area contributed by atoms with Crippen LogP contribution in [-0.4, -0.2) is 4.98 Å². The highest BCUT2D eigenvalue weighted by atomic mass is 32.1. The summed E-state index contributed by atoms with van der Waals surface area (Å²) in [6.07, 6.45) is 6.60. The minimum absolute atomic E-state index is 0.141. The molecule has 0 bridgehead atoms. The number of hydrogen-bond acceptors (Lipinski definition) is 3. The van der Waals surface area contributed by atoms with Gasteiger partial charge < -0.3 is 5.73 Å². The number of benzene rings is 1. The van der Waals surface area contributed by atoms with Crippen LogP contribution in [0.4, 0.5) is 0 Å². The average molecular weight is 260 g/mol. The van der Waals surface area contributed by atoms with E-state index in [1.165, 1.54) is 42.4 Å². The zero-order valence-corrected chi connectivity index (χ0v) is 11.7. The van der Waals surface area contributed by atoms with Gasteiger partial charge in [0.2, 0.25) is 0 Å². The van der Waals surface area contributed by atoms with Crippen LogP contribution in [0.25, 0.3) is 10.2 Å². The normalized spacial score (nSPS) is 19.2. The second-order valence-electron chi connectivity index (χ2n) is 5.40. The summed E-state index contributed by atoms with van der Waals surface area (Å²) in [4.78, 5) is 4.78. The third-order valence-electron chi connectivity index (χ3n) is 4.08. The van der Waals surface area contributed by atoms with Gasteiger partial charge in [0.05, 0.1) is 16.3 Å². The Morgan fingerprint density at radius 3 is 2.78 bits per heavy atom. The second kappa shape index (κ2) is 4.98. The van der Waals surface area contributed by atoms with Gasteiger partial charge in [-0.15, -0.1) is 11.3 Å². The maximum absolute atomic E-state index is 6.43. The van der Waals surface area contributed by atoms with E-state index in [0.717, 1.165) is 10.5 Å². The predicted octanol–water partition coefficient (Wildman–Crippen LogP) is 4.18. The Hall–Kier alpha value is -0.930. The number of aryl methyl sites for hydroxylation is 1.